The van der Waals surface area contributed by atoms with Gasteiger partial charge in [0.15, 0.2) is 5.65 Å². The average molecular weight is 454 g/mol. The van der Waals surface area contributed by atoms with Gasteiger partial charge in [0.25, 0.3) is 5.91 Å². The third kappa shape index (κ3) is 3.69. The van der Waals surface area contributed by atoms with Gasteiger partial charge in [0.05, 0.1) is 22.3 Å². The molecule has 1 aliphatic heterocycles. The van der Waals surface area contributed by atoms with Crippen LogP contribution in [0.4, 0.5) is 5.69 Å². The Balaban J connectivity index is 1.54. The molecule has 1 amide bonds. The van der Waals surface area contributed by atoms with E-state index in [0.29, 0.717) is 41.3 Å². The minimum Gasteiger partial charge on any atom is -0.321 e. The van der Waals surface area contributed by atoms with Crippen LogP contribution >= 0.6 is 0 Å². The fraction of sp³-hybridized carbons (Fsp3) is 0.435. The maximum absolute atomic E-state index is 13.5. The van der Waals surface area contributed by atoms with E-state index in [2.05, 4.69) is 10.4 Å². The normalized spacial score (nSPS) is 17.6. The van der Waals surface area contributed by atoms with Crippen molar-refractivity contribution in [2.75, 3.05) is 18.4 Å². The highest BCUT2D eigenvalue weighted by molar-refractivity contribution is 7.89. The number of amides is 1. The lowest BCUT2D eigenvalue weighted by molar-refractivity contribution is 0.102. The standard InChI is InChI=1S/C23H27N5O3S/c1-15-21-17(14-19(16-10-11-16)24-22(21)27(2)26-15)23(29)25-18-8-4-5-9-20(18)32(30,31)28-12-6-3-7-13-28/h4-5,8-9,14,16H,3,6-7,10-13H2,1-2H3,(H,25,29). The van der Waals surface area contributed by atoms with E-state index in [9.17, 15) is 13.2 Å². The molecule has 1 saturated carbocycles. The maximum atomic E-state index is 13.5. The third-order valence-electron chi connectivity index (χ3n) is 6.30. The molecule has 0 unspecified atom stereocenters. The van der Waals surface area contributed by atoms with Crippen molar-refractivity contribution in [1.82, 2.24) is 19.1 Å². The van der Waals surface area contributed by atoms with Crippen LogP contribution in [0.25, 0.3) is 11.0 Å². The molecule has 2 aromatic heterocycles. The number of pyridine rings is 1. The monoisotopic (exact) mass is 453 g/mol. The molecule has 9 heteroatoms. The van der Waals surface area contributed by atoms with Gasteiger partial charge in [-0.15, -0.1) is 0 Å². The highest BCUT2D eigenvalue weighted by Gasteiger charge is 2.31. The molecular formula is C23H27N5O3S. The Morgan fingerprint density at radius 1 is 1.12 bits per heavy atom. The second kappa shape index (κ2) is 7.97. The summed E-state index contributed by atoms with van der Waals surface area (Å²) in [7, 11) is -1.87. The lowest BCUT2D eigenvalue weighted by atomic mass is 10.1. The van der Waals surface area contributed by atoms with Gasteiger partial charge in [0.2, 0.25) is 10.0 Å². The zero-order valence-corrected chi connectivity index (χ0v) is 19.2. The lowest BCUT2D eigenvalue weighted by Gasteiger charge is -2.26. The van der Waals surface area contributed by atoms with Crippen molar-refractivity contribution in [2.45, 2.75) is 49.8 Å². The average Bonchev–Trinajstić information content (AvgIpc) is 3.60. The molecule has 32 heavy (non-hydrogen) atoms. The first-order valence-corrected chi connectivity index (χ1v) is 12.5. The van der Waals surface area contributed by atoms with E-state index >= 15 is 0 Å². The summed E-state index contributed by atoms with van der Waals surface area (Å²) in [5, 5.41) is 8.03. The van der Waals surface area contributed by atoms with Crippen LogP contribution in [0.15, 0.2) is 35.2 Å². The Morgan fingerprint density at radius 3 is 2.56 bits per heavy atom. The molecule has 2 aliphatic rings. The van der Waals surface area contributed by atoms with Crippen molar-refractivity contribution >= 4 is 32.7 Å². The first-order valence-electron chi connectivity index (χ1n) is 11.1. The Bertz CT molecular complexity index is 1300. The highest BCUT2D eigenvalue weighted by Crippen LogP contribution is 2.40. The highest BCUT2D eigenvalue weighted by atomic mass is 32.2. The third-order valence-corrected chi connectivity index (χ3v) is 8.25. The molecule has 168 valence electrons. The number of benzene rings is 1. The summed E-state index contributed by atoms with van der Waals surface area (Å²) in [6.07, 6.45) is 4.87. The van der Waals surface area contributed by atoms with Gasteiger partial charge in [0.1, 0.15) is 4.90 Å². The second-order valence-corrected chi connectivity index (χ2v) is 10.6. The maximum Gasteiger partial charge on any atom is 0.256 e. The van der Waals surface area contributed by atoms with Crippen molar-refractivity contribution in [3.05, 3.63) is 47.3 Å². The quantitative estimate of drug-likeness (QED) is 0.637. The molecule has 5 rings (SSSR count). The van der Waals surface area contributed by atoms with Crippen molar-refractivity contribution in [2.24, 2.45) is 7.05 Å². The van der Waals surface area contributed by atoms with Crippen LogP contribution in [-0.4, -0.2) is 46.5 Å². The number of piperidine rings is 1. The van der Waals surface area contributed by atoms with Gasteiger partial charge < -0.3 is 5.32 Å². The molecule has 0 spiro atoms. The molecule has 8 nitrogen and oxygen atoms in total. The van der Waals surface area contributed by atoms with Crippen LogP contribution in [-0.2, 0) is 17.1 Å². The number of aromatic nitrogens is 3. The molecule has 1 aromatic carbocycles. The molecule has 0 atom stereocenters. The molecule has 0 bridgehead atoms. The number of anilines is 1. The van der Waals surface area contributed by atoms with E-state index in [1.807, 2.05) is 20.0 Å². The predicted molar refractivity (Wildman–Crippen MR) is 122 cm³/mol. The van der Waals surface area contributed by atoms with Crippen LogP contribution < -0.4 is 5.32 Å². The number of hydrogen-bond donors (Lipinski definition) is 1. The van der Waals surface area contributed by atoms with E-state index < -0.39 is 10.0 Å². The molecule has 1 aliphatic carbocycles. The molecule has 1 N–H and O–H groups in total. The number of aryl methyl sites for hydroxylation is 2. The fourth-order valence-corrected chi connectivity index (χ4v) is 6.12. The van der Waals surface area contributed by atoms with Crippen LogP contribution in [0.5, 0.6) is 0 Å². The molecular weight excluding hydrogens is 426 g/mol. The zero-order chi connectivity index (χ0) is 22.5. The van der Waals surface area contributed by atoms with Crippen LogP contribution in [0.3, 0.4) is 0 Å². The number of rotatable bonds is 5. The van der Waals surface area contributed by atoms with E-state index in [4.69, 9.17) is 4.98 Å². The Morgan fingerprint density at radius 2 is 1.84 bits per heavy atom. The summed E-state index contributed by atoms with van der Waals surface area (Å²) in [6.45, 7) is 2.87. The zero-order valence-electron chi connectivity index (χ0n) is 18.3. The van der Waals surface area contributed by atoms with Crippen LogP contribution in [0.2, 0.25) is 0 Å². The summed E-state index contributed by atoms with van der Waals surface area (Å²) in [4.78, 5) is 18.3. The number of hydrogen-bond acceptors (Lipinski definition) is 5. The molecule has 2 fully saturated rings. The summed E-state index contributed by atoms with van der Waals surface area (Å²) < 4.78 is 29.8. The molecule has 0 radical (unpaired) electrons. The number of fused-ring (bicyclic) bond motifs is 1. The number of nitrogens with one attached hydrogen (secondary N) is 1. The van der Waals surface area contributed by atoms with Crippen molar-refractivity contribution < 1.29 is 13.2 Å². The van der Waals surface area contributed by atoms with Gasteiger partial charge in [-0.3, -0.25) is 9.48 Å². The Labute approximate surface area is 187 Å². The molecule has 1 saturated heterocycles. The minimum atomic E-state index is -3.69. The predicted octanol–water partition coefficient (Wildman–Crippen LogP) is 3.58. The van der Waals surface area contributed by atoms with Gasteiger partial charge in [-0.25, -0.2) is 13.4 Å². The SMILES string of the molecule is Cc1nn(C)c2nc(C3CC3)cc(C(=O)Nc3ccccc3S(=O)(=O)N3CCCCC3)c12. The van der Waals surface area contributed by atoms with Crippen LogP contribution in [0, 0.1) is 6.92 Å². The number of para-hydroxylation sites is 1. The fourth-order valence-electron chi connectivity index (χ4n) is 4.46. The summed E-state index contributed by atoms with van der Waals surface area (Å²) in [5.74, 6) is 0.0182. The van der Waals surface area contributed by atoms with Gasteiger partial charge >= 0.3 is 0 Å². The minimum absolute atomic E-state index is 0.130. The number of carbonyl (C=O) groups is 1. The van der Waals surface area contributed by atoms with E-state index in [0.717, 1.165) is 43.5 Å². The first-order chi connectivity index (χ1) is 15.4. The Kier molecular flexibility index (Phi) is 5.25. The van der Waals surface area contributed by atoms with Gasteiger partial charge in [-0.2, -0.15) is 9.40 Å². The van der Waals surface area contributed by atoms with Crippen molar-refractivity contribution in [3.63, 3.8) is 0 Å². The lowest BCUT2D eigenvalue weighted by Crippen LogP contribution is -2.36. The van der Waals surface area contributed by atoms with Gasteiger partial charge in [-0.05, 0) is 50.8 Å². The van der Waals surface area contributed by atoms with Gasteiger partial charge in [0, 0.05) is 31.7 Å². The molecule has 3 aromatic rings. The topological polar surface area (TPSA) is 97.2 Å². The summed E-state index contributed by atoms with van der Waals surface area (Å²) in [5.41, 5.74) is 3.05. The van der Waals surface area contributed by atoms with Gasteiger partial charge in [-0.1, -0.05) is 18.6 Å². The van der Waals surface area contributed by atoms with Crippen LogP contribution in [0.1, 0.15) is 59.8 Å². The smallest absolute Gasteiger partial charge is 0.256 e. The largest absolute Gasteiger partial charge is 0.321 e. The van der Waals surface area contributed by atoms with Crippen molar-refractivity contribution in [3.8, 4) is 0 Å². The first kappa shape index (κ1) is 21.1. The number of nitrogens with zero attached hydrogens (tertiary/aromatic N) is 4. The molecule has 3 heterocycles. The number of carbonyl (C=O) groups excluding carboxylic acids is 1. The second-order valence-electron chi connectivity index (χ2n) is 8.69. The number of sulfonamides is 1. The van der Waals surface area contributed by atoms with E-state index in [1.165, 1.54) is 4.31 Å². The summed E-state index contributed by atoms with van der Waals surface area (Å²) >= 11 is 0. The summed E-state index contributed by atoms with van der Waals surface area (Å²) in [6, 6.07) is 8.47. The van der Waals surface area contributed by atoms with Crippen molar-refractivity contribution in [1.29, 1.82) is 0 Å². The van der Waals surface area contributed by atoms with E-state index in [-0.39, 0.29) is 10.8 Å². The van der Waals surface area contributed by atoms with E-state index in [1.54, 1.807) is 28.9 Å². The Hall–Kier alpha value is -2.78.